The van der Waals surface area contributed by atoms with E-state index in [1.807, 2.05) is 0 Å². The van der Waals surface area contributed by atoms with Gasteiger partial charge in [0.25, 0.3) is 0 Å². The molecule has 0 aromatic heterocycles. The molecule has 0 aliphatic heterocycles. The highest BCUT2D eigenvalue weighted by Gasteiger charge is 2.22. The Bertz CT molecular complexity index is 170. The van der Waals surface area contributed by atoms with Crippen molar-refractivity contribution in [3.63, 3.8) is 0 Å². The summed E-state index contributed by atoms with van der Waals surface area (Å²) in [6, 6.07) is 0. The molecule has 0 unspecified atom stereocenters. The van der Waals surface area contributed by atoms with Crippen LogP contribution in [-0.4, -0.2) is 26.5 Å². The molecule has 0 radical (unpaired) electrons. The van der Waals surface area contributed by atoms with Gasteiger partial charge in [-0.15, -0.1) is 0 Å². The predicted molar refractivity (Wildman–Crippen MR) is 38.3 cm³/mol. The van der Waals surface area contributed by atoms with Gasteiger partial charge in [0.15, 0.2) is 6.35 Å². The van der Waals surface area contributed by atoms with Crippen LogP contribution < -0.4 is 0 Å². The summed E-state index contributed by atoms with van der Waals surface area (Å²) in [5, 5.41) is 0. The molecule has 0 rings (SSSR count). The molecule has 0 bridgehead atoms. The fourth-order valence-electron chi connectivity index (χ4n) is 0.350. The second kappa shape index (κ2) is 4.49. The second-order valence-corrected chi connectivity index (χ2v) is 3.95. The van der Waals surface area contributed by atoms with Crippen LogP contribution in [0.15, 0.2) is 0 Å². The van der Waals surface area contributed by atoms with Gasteiger partial charge in [0.2, 0.25) is 0 Å². The van der Waals surface area contributed by atoms with Crippen LogP contribution in [0, 0.1) is 0 Å². The Kier molecular flexibility index (Phi) is 4.33. The van der Waals surface area contributed by atoms with Crippen LogP contribution in [0.25, 0.3) is 0 Å². The van der Waals surface area contributed by atoms with Gasteiger partial charge < -0.3 is 13.8 Å². The molecule has 0 N–H and O–H groups in total. The van der Waals surface area contributed by atoms with Crippen molar-refractivity contribution in [2.24, 2.45) is 0 Å². The number of hydrogen-bond donors (Lipinski definition) is 0. The first kappa shape index (κ1) is 10.6. The van der Waals surface area contributed by atoms with Gasteiger partial charge in [0.05, 0.1) is 0 Å². The summed E-state index contributed by atoms with van der Waals surface area (Å²) in [6.45, 7) is 1.22. The molecule has 11 heavy (non-hydrogen) atoms. The first-order valence-electron chi connectivity index (χ1n) is 2.88. The lowest BCUT2D eigenvalue weighted by atomic mass is 10.8. The van der Waals surface area contributed by atoms with Crippen molar-refractivity contribution in [1.82, 2.24) is 0 Å². The number of hydrogen-bond acceptors (Lipinski definition) is 5. The maximum absolute atomic E-state index is 11.1. The van der Waals surface area contributed by atoms with Gasteiger partial charge in [-0.1, -0.05) is 0 Å². The van der Waals surface area contributed by atoms with Crippen LogP contribution in [0.1, 0.15) is 6.92 Å². The van der Waals surface area contributed by atoms with E-state index in [4.69, 9.17) is 0 Å². The van der Waals surface area contributed by atoms with E-state index in [0.717, 1.165) is 0 Å². The zero-order valence-electron chi connectivity index (χ0n) is 6.70. The minimum absolute atomic E-state index is 0.338. The number of ether oxygens (including phenoxy) is 1. The van der Waals surface area contributed by atoms with Crippen molar-refractivity contribution >= 4 is 13.6 Å². The molecular weight excluding hydrogens is 171 g/mol. The first-order chi connectivity index (χ1) is 5.04. The predicted octanol–water partition coefficient (Wildman–Crippen LogP) is 0.993. The van der Waals surface area contributed by atoms with Crippen molar-refractivity contribution in [3.05, 3.63) is 0 Å². The van der Waals surface area contributed by atoms with Gasteiger partial charge in [-0.2, -0.15) is 0 Å². The van der Waals surface area contributed by atoms with Crippen molar-refractivity contribution < 1.29 is 23.1 Å². The third-order valence-electron chi connectivity index (χ3n) is 0.982. The van der Waals surface area contributed by atoms with Gasteiger partial charge in [-0.05, 0) is 0 Å². The number of esters is 1. The highest BCUT2D eigenvalue weighted by Crippen LogP contribution is 2.45. The van der Waals surface area contributed by atoms with Crippen LogP contribution >= 0.6 is 7.60 Å². The second-order valence-electron chi connectivity index (χ2n) is 1.74. The smallest absolute Gasteiger partial charge is 0.367 e. The Morgan fingerprint density at radius 2 is 1.82 bits per heavy atom. The quantitative estimate of drug-likeness (QED) is 0.479. The molecule has 0 aliphatic carbocycles. The molecule has 6 heteroatoms. The van der Waals surface area contributed by atoms with Gasteiger partial charge in [0.1, 0.15) is 0 Å². The molecule has 0 spiro atoms. The van der Waals surface area contributed by atoms with E-state index >= 15 is 0 Å². The lowest BCUT2D eigenvalue weighted by molar-refractivity contribution is -0.139. The van der Waals surface area contributed by atoms with Crippen molar-refractivity contribution in [2.45, 2.75) is 6.92 Å². The van der Waals surface area contributed by atoms with Crippen molar-refractivity contribution in [1.29, 1.82) is 0 Å². The number of rotatable bonds is 4. The Balaban J connectivity index is 3.89. The normalized spacial score (nSPS) is 11.2. The first-order valence-corrected chi connectivity index (χ1v) is 4.61. The van der Waals surface area contributed by atoms with Crippen LogP contribution in [-0.2, 0) is 23.1 Å². The number of carbonyl (C=O) groups is 1. The molecule has 5 nitrogen and oxygen atoms in total. The van der Waals surface area contributed by atoms with Crippen molar-refractivity contribution in [2.75, 3.05) is 20.6 Å². The largest absolute Gasteiger partial charge is 0.453 e. The third-order valence-corrected chi connectivity index (χ3v) is 2.54. The molecule has 0 fully saturated rings. The van der Waals surface area contributed by atoms with E-state index in [2.05, 4.69) is 13.8 Å². The fourth-order valence-corrected chi connectivity index (χ4v) is 1.05. The summed E-state index contributed by atoms with van der Waals surface area (Å²) >= 11 is 0. The van der Waals surface area contributed by atoms with Gasteiger partial charge in [0, 0.05) is 21.1 Å². The van der Waals surface area contributed by atoms with E-state index in [1.165, 1.54) is 21.1 Å². The van der Waals surface area contributed by atoms with Crippen LogP contribution in [0.5, 0.6) is 0 Å². The van der Waals surface area contributed by atoms with E-state index in [-0.39, 0.29) is 6.35 Å². The summed E-state index contributed by atoms with van der Waals surface area (Å²) in [6.07, 6.45) is -0.338. The Hall–Kier alpha value is -0.380. The molecule has 0 heterocycles. The topological polar surface area (TPSA) is 61.8 Å². The van der Waals surface area contributed by atoms with E-state index in [9.17, 15) is 9.36 Å². The van der Waals surface area contributed by atoms with Crippen molar-refractivity contribution in [3.8, 4) is 0 Å². The monoisotopic (exact) mass is 182 g/mol. The highest BCUT2D eigenvalue weighted by molar-refractivity contribution is 7.53. The van der Waals surface area contributed by atoms with E-state index in [1.54, 1.807) is 0 Å². The lowest BCUT2D eigenvalue weighted by Crippen LogP contribution is -2.03. The Morgan fingerprint density at radius 1 is 1.36 bits per heavy atom. The van der Waals surface area contributed by atoms with E-state index in [0.29, 0.717) is 0 Å². The standard InChI is InChI=1S/C5H11O5P/c1-5(6)10-4-11(7,8-2)9-3/h4H2,1-3H3. The lowest BCUT2D eigenvalue weighted by Gasteiger charge is -2.12. The average molecular weight is 182 g/mol. The molecule has 0 saturated heterocycles. The summed E-state index contributed by atoms with van der Waals surface area (Å²) in [4.78, 5) is 10.3. The van der Waals surface area contributed by atoms with E-state index < -0.39 is 13.6 Å². The fraction of sp³-hybridized carbons (Fsp3) is 0.800. The SMILES string of the molecule is COP(=O)(COC(C)=O)OC. The summed E-state index contributed by atoms with van der Waals surface area (Å²) in [5.41, 5.74) is 0. The molecule has 66 valence electrons. The maximum Gasteiger partial charge on any atom is 0.367 e. The minimum atomic E-state index is -3.18. The molecule has 0 aromatic rings. The minimum Gasteiger partial charge on any atom is -0.453 e. The highest BCUT2D eigenvalue weighted by atomic mass is 31.2. The summed E-state index contributed by atoms with van der Waals surface area (Å²) in [5.74, 6) is -0.515. The van der Waals surface area contributed by atoms with Crippen LogP contribution in [0.3, 0.4) is 0 Å². The van der Waals surface area contributed by atoms with Gasteiger partial charge >= 0.3 is 13.6 Å². The molecule has 0 amide bonds. The maximum atomic E-state index is 11.1. The number of carbonyl (C=O) groups excluding carboxylic acids is 1. The van der Waals surface area contributed by atoms with Gasteiger partial charge in [-0.25, -0.2) is 0 Å². The Morgan fingerprint density at radius 3 is 2.09 bits per heavy atom. The summed E-state index contributed by atoms with van der Waals surface area (Å²) in [7, 11) is -0.718. The zero-order chi connectivity index (χ0) is 8.91. The Labute approximate surface area is 65.2 Å². The molecular formula is C5H11O5P. The third kappa shape index (κ3) is 4.14. The van der Waals surface area contributed by atoms with Crippen LogP contribution in [0.4, 0.5) is 0 Å². The average Bonchev–Trinajstić information content (AvgIpc) is 2.00. The van der Waals surface area contributed by atoms with Crippen LogP contribution in [0.2, 0.25) is 0 Å². The molecule has 0 aromatic carbocycles. The zero-order valence-corrected chi connectivity index (χ0v) is 7.59. The molecule has 0 aliphatic rings. The van der Waals surface area contributed by atoms with Gasteiger partial charge in [-0.3, -0.25) is 9.36 Å². The molecule has 0 atom stereocenters. The molecule has 0 saturated carbocycles. The summed E-state index contributed by atoms with van der Waals surface area (Å²) < 4.78 is 24.6.